The van der Waals surface area contributed by atoms with Crippen LogP contribution in [-0.2, 0) is 10.0 Å². The second-order valence-electron chi connectivity index (χ2n) is 3.80. The van der Waals surface area contributed by atoms with Crippen LogP contribution in [0.4, 0.5) is 15.2 Å². The summed E-state index contributed by atoms with van der Waals surface area (Å²) < 4.78 is 38.3. The highest BCUT2D eigenvalue weighted by Crippen LogP contribution is 2.21. The molecule has 1 aromatic carbocycles. The van der Waals surface area contributed by atoms with Gasteiger partial charge in [-0.25, -0.2) is 17.8 Å². The quantitative estimate of drug-likeness (QED) is 0.883. The topological polar surface area (TPSA) is 88.2 Å². The Morgan fingerprint density at radius 2 is 2.19 bits per heavy atom. The van der Waals surface area contributed by atoms with Gasteiger partial charge in [0.05, 0.1) is 11.3 Å². The maximum Gasteiger partial charge on any atom is 0.259 e. The molecule has 1 amide bonds. The average molecular weight is 327 g/mol. The van der Waals surface area contributed by atoms with Crippen LogP contribution in [0.2, 0.25) is 0 Å². The molecule has 0 unspecified atom stereocenters. The molecule has 1 aromatic heterocycles. The molecule has 2 N–H and O–H groups in total. The van der Waals surface area contributed by atoms with Gasteiger partial charge in [0.2, 0.25) is 0 Å². The molecule has 0 fully saturated rings. The Hall–Kier alpha value is -2.26. The van der Waals surface area contributed by atoms with Crippen LogP contribution >= 0.6 is 11.3 Å². The predicted molar refractivity (Wildman–Crippen MR) is 79.2 cm³/mol. The van der Waals surface area contributed by atoms with Crippen LogP contribution in [-0.4, -0.2) is 19.3 Å². The van der Waals surface area contributed by atoms with Gasteiger partial charge in [-0.05, 0) is 18.2 Å². The molecule has 110 valence electrons. The van der Waals surface area contributed by atoms with Crippen molar-refractivity contribution in [2.45, 2.75) is 0 Å². The second kappa shape index (κ2) is 6.02. The molecule has 0 saturated heterocycles. The Morgan fingerprint density at radius 3 is 2.81 bits per heavy atom. The zero-order valence-electron chi connectivity index (χ0n) is 10.5. The first-order valence-corrected chi connectivity index (χ1v) is 7.99. The zero-order chi connectivity index (χ0) is 15.5. The number of benzene rings is 1. The van der Waals surface area contributed by atoms with Crippen LogP contribution in [0.3, 0.4) is 0 Å². The summed E-state index contributed by atoms with van der Waals surface area (Å²) in [6.45, 7) is 3.13. The number of hydrogen-bond donors (Lipinski definition) is 2. The van der Waals surface area contributed by atoms with Crippen LogP contribution in [0.25, 0.3) is 0 Å². The van der Waals surface area contributed by atoms with Crippen LogP contribution in [0.5, 0.6) is 0 Å². The number of nitrogens with zero attached hydrogens (tertiary/aromatic N) is 1. The molecule has 6 nitrogen and oxygen atoms in total. The Morgan fingerprint density at radius 1 is 1.43 bits per heavy atom. The van der Waals surface area contributed by atoms with Gasteiger partial charge in [0.1, 0.15) is 5.82 Å². The number of aromatic nitrogens is 1. The highest BCUT2D eigenvalue weighted by Gasteiger charge is 2.16. The number of hydrogen-bond acceptors (Lipinski definition) is 5. The summed E-state index contributed by atoms with van der Waals surface area (Å²) >= 11 is 1.20. The van der Waals surface area contributed by atoms with Gasteiger partial charge in [0, 0.05) is 17.0 Å². The van der Waals surface area contributed by atoms with Gasteiger partial charge in [0.15, 0.2) is 5.13 Å². The number of carbonyl (C=O) groups excluding carboxylic acids is 1. The van der Waals surface area contributed by atoms with E-state index in [0.29, 0.717) is 10.5 Å². The number of anilines is 2. The van der Waals surface area contributed by atoms with E-state index in [1.165, 1.54) is 23.6 Å². The van der Waals surface area contributed by atoms with Crippen molar-refractivity contribution >= 4 is 38.1 Å². The number of amides is 1. The highest BCUT2D eigenvalue weighted by atomic mass is 32.2. The molecule has 0 aliphatic carbocycles. The maximum absolute atomic E-state index is 13.3. The van der Waals surface area contributed by atoms with Crippen molar-refractivity contribution in [1.29, 1.82) is 0 Å². The minimum absolute atomic E-state index is 0.0305. The molecule has 2 rings (SSSR count). The maximum atomic E-state index is 13.3. The molecule has 0 radical (unpaired) electrons. The second-order valence-corrected chi connectivity index (χ2v) is 6.32. The lowest BCUT2D eigenvalue weighted by atomic mass is 10.1. The first kappa shape index (κ1) is 15.1. The van der Waals surface area contributed by atoms with E-state index in [2.05, 4.69) is 21.6 Å². The van der Waals surface area contributed by atoms with E-state index in [-0.39, 0.29) is 11.3 Å². The van der Waals surface area contributed by atoms with Gasteiger partial charge < -0.3 is 0 Å². The smallest absolute Gasteiger partial charge is 0.259 e. The molecule has 0 atom stereocenters. The van der Waals surface area contributed by atoms with Crippen molar-refractivity contribution in [3.63, 3.8) is 0 Å². The summed E-state index contributed by atoms with van der Waals surface area (Å²) in [6.07, 6.45) is 1.51. The molecule has 0 aliphatic rings. The number of sulfonamides is 1. The van der Waals surface area contributed by atoms with E-state index >= 15 is 0 Å². The van der Waals surface area contributed by atoms with Crippen LogP contribution in [0.1, 0.15) is 10.4 Å². The van der Waals surface area contributed by atoms with Crippen molar-refractivity contribution < 1.29 is 17.6 Å². The average Bonchev–Trinajstić information content (AvgIpc) is 2.91. The van der Waals surface area contributed by atoms with E-state index in [4.69, 9.17) is 0 Å². The normalized spacial score (nSPS) is 10.9. The lowest BCUT2D eigenvalue weighted by Crippen LogP contribution is -2.17. The fourth-order valence-corrected chi connectivity index (χ4v) is 2.53. The molecule has 0 bridgehead atoms. The van der Waals surface area contributed by atoms with Crippen molar-refractivity contribution in [3.05, 3.63) is 53.1 Å². The number of halogens is 1. The zero-order valence-corrected chi connectivity index (χ0v) is 12.2. The molecule has 0 saturated carbocycles. The van der Waals surface area contributed by atoms with Crippen molar-refractivity contribution in [3.8, 4) is 0 Å². The summed E-state index contributed by atoms with van der Waals surface area (Å²) in [5.74, 6) is -1.28. The first-order valence-electron chi connectivity index (χ1n) is 5.57. The molecule has 0 spiro atoms. The van der Waals surface area contributed by atoms with Gasteiger partial charge in [-0.2, -0.15) is 0 Å². The summed E-state index contributed by atoms with van der Waals surface area (Å²) in [7, 11) is -3.85. The van der Waals surface area contributed by atoms with E-state index in [9.17, 15) is 17.6 Å². The van der Waals surface area contributed by atoms with Gasteiger partial charge in [-0.15, -0.1) is 11.3 Å². The molecule has 9 heteroatoms. The third-order valence-electron chi connectivity index (χ3n) is 2.35. The van der Waals surface area contributed by atoms with Crippen LogP contribution in [0.15, 0.2) is 41.8 Å². The fourth-order valence-electron chi connectivity index (χ4n) is 1.44. The molecular formula is C12H10FN3O3S2. The van der Waals surface area contributed by atoms with Crippen molar-refractivity contribution in [1.82, 2.24) is 4.98 Å². The van der Waals surface area contributed by atoms with Crippen LogP contribution in [0, 0.1) is 5.82 Å². The molecule has 0 aliphatic heterocycles. The number of nitrogens with one attached hydrogen (secondary N) is 2. The van der Waals surface area contributed by atoms with E-state index < -0.39 is 21.7 Å². The minimum atomic E-state index is -3.85. The Bertz CT molecular complexity index is 773. The molecule has 2 aromatic rings. The van der Waals surface area contributed by atoms with E-state index in [1.54, 1.807) is 5.38 Å². The SMILES string of the molecule is C=CS(=O)(=O)Nc1cc(F)ccc1C(=O)Nc1nccs1. The summed E-state index contributed by atoms with van der Waals surface area (Å²) in [4.78, 5) is 16.0. The van der Waals surface area contributed by atoms with Gasteiger partial charge in [-0.1, -0.05) is 6.58 Å². The fraction of sp³-hybridized carbons (Fsp3) is 0. The number of carbonyl (C=O) groups is 1. The lowest BCUT2D eigenvalue weighted by molar-refractivity contribution is 0.102. The predicted octanol–water partition coefficient (Wildman–Crippen LogP) is 2.42. The summed E-state index contributed by atoms with van der Waals surface area (Å²) in [5.41, 5.74) is -0.207. The first-order chi connectivity index (χ1) is 9.91. The molecule has 21 heavy (non-hydrogen) atoms. The minimum Gasteiger partial charge on any atom is -0.298 e. The number of thiazole rings is 1. The van der Waals surface area contributed by atoms with Crippen molar-refractivity contribution in [2.75, 3.05) is 10.0 Å². The third-order valence-corrected chi connectivity index (χ3v) is 3.98. The molecule has 1 heterocycles. The Balaban J connectivity index is 2.34. The van der Waals surface area contributed by atoms with E-state index in [0.717, 1.165) is 12.1 Å². The highest BCUT2D eigenvalue weighted by molar-refractivity contribution is 7.95. The van der Waals surface area contributed by atoms with Gasteiger partial charge in [-0.3, -0.25) is 14.8 Å². The van der Waals surface area contributed by atoms with Gasteiger partial charge >= 0.3 is 0 Å². The van der Waals surface area contributed by atoms with Crippen LogP contribution < -0.4 is 10.0 Å². The Kier molecular flexibility index (Phi) is 4.34. The lowest BCUT2D eigenvalue weighted by Gasteiger charge is -2.10. The summed E-state index contributed by atoms with van der Waals surface area (Å²) in [5, 5.41) is 5.17. The molecular weight excluding hydrogens is 317 g/mol. The Labute approximate surface area is 124 Å². The summed E-state index contributed by atoms with van der Waals surface area (Å²) in [6, 6.07) is 3.15. The largest absolute Gasteiger partial charge is 0.298 e. The van der Waals surface area contributed by atoms with Gasteiger partial charge in [0.25, 0.3) is 15.9 Å². The van der Waals surface area contributed by atoms with Crippen molar-refractivity contribution in [2.24, 2.45) is 0 Å². The van der Waals surface area contributed by atoms with E-state index in [1.807, 2.05) is 0 Å². The third kappa shape index (κ3) is 3.86. The standard InChI is InChI=1S/C12H10FN3O3S2/c1-2-21(18,19)16-10-7-8(13)3-4-9(10)11(17)15-12-14-5-6-20-12/h2-7,16H,1H2,(H,14,15,17). The number of rotatable bonds is 5. The monoisotopic (exact) mass is 327 g/mol.